The van der Waals surface area contributed by atoms with Gasteiger partial charge in [-0.05, 0) is 30.7 Å². The number of unbranched alkanes of at least 4 members (excludes halogenated alkanes) is 5. The molecule has 1 rings (SSSR count). The second kappa shape index (κ2) is 14.2. The van der Waals surface area contributed by atoms with Crippen molar-refractivity contribution in [2.45, 2.75) is 52.0 Å². The van der Waals surface area contributed by atoms with E-state index in [9.17, 15) is 0 Å². The quantitative estimate of drug-likeness (QED) is 0.574. The van der Waals surface area contributed by atoms with E-state index < -0.39 is 0 Å². The van der Waals surface area contributed by atoms with E-state index in [0.29, 0.717) is 6.61 Å². The van der Waals surface area contributed by atoms with Crippen molar-refractivity contribution in [1.82, 2.24) is 5.32 Å². The molecule has 21 heavy (non-hydrogen) atoms. The van der Waals surface area contributed by atoms with Gasteiger partial charge in [0.15, 0.2) is 0 Å². The molecule has 0 spiro atoms. The molecule has 2 N–H and O–H groups in total. The third-order valence-electron chi connectivity index (χ3n) is 3.32. The smallest absolute Gasteiger partial charge is 0.119 e. The van der Waals surface area contributed by atoms with Gasteiger partial charge in [-0.1, -0.05) is 51.2 Å². The molecule has 0 saturated carbocycles. The molecule has 0 atom stereocenters. The van der Waals surface area contributed by atoms with Gasteiger partial charge in [-0.2, -0.15) is 0 Å². The van der Waals surface area contributed by atoms with Crippen LogP contribution in [-0.4, -0.2) is 24.9 Å². The summed E-state index contributed by atoms with van der Waals surface area (Å²) in [7, 11) is 0. The molecule has 0 aliphatic rings. The number of halogens is 1. The van der Waals surface area contributed by atoms with Gasteiger partial charge in [0.1, 0.15) is 12.4 Å². The lowest BCUT2D eigenvalue weighted by atomic mass is 10.1. The van der Waals surface area contributed by atoms with E-state index in [-0.39, 0.29) is 19.0 Å². The molecule has 0 fully saturated rings. The highest BCUT2D eigenvalue weighted by Crippen LogP contribution is 2.12. The summed E-state index contributed by atoms with van der Waals surface area (Å²) in [6.45, 7) is 4.67. The molecule has 0 aromatic heterocycles. The van der Waals surface area contributed by atoms with E-state index in [1.165, 1.54) is 44.1 Å². The Balaban J connectivity index is 0.00000400. The van der Waals surface area contributed by atoms with Crippen LogP contribution < -0.4 is 10.1 Å². The lowest BCUT2D eigenvalue weighted by Crippen LogP contribution is -2.14. The standard InChI is InChI=1S/C17H29NO2.ClH/c1-2-3-4-5-6-7-12-18-15-16-8-10-17(11-9-16)20-14-13-19;/h8-11,18-19H,2-7,12-15H2,1H3;1H. The summed E-state index contributed by atoms with van der Waals surface area (Å²) in [6, 6.07) is 8.05. The fraction of sp³-hybridized carbons (Fsp3) is 0.647. The number of rotatable bonds is 12. The van der Waals surface area contributed by atoms with E-state index in [1.54, 1.807) is 0 Å². The fourth-order valence-electron chi connectivity index (χ4n) is 2.13. The number of hydrogen-bond acceptors (Lipinski definition) is 3. The molecule has 0 radical (unpaired) electrons. The fourth-order valence-corrected chi connectivity index (χ4v) is 2.13. The Morgan fingerprint density at radius 2 is 1.67 bits per heavy atom. The van der Waals surface area contributed by atoms with Gasteiger partial charge < -0.3 is 15.2 Å². The van der Waals surface area contributed by atoms with E-state index in [2.05, 4.69) is 24.4 Å². The maximum absolute atomic E-state index is 8.68. The maximum Gasteiger partial charge on any atom is 0.119 e. The summed E-state index contributed by atoms with van der Waals surface area (Å²) >= 11 is 0. The molecule has 1 aromatic carbocycles. The van der Waals surface area contributed by atoms with E-state index in [0.717, 1.165) is 18.8 Å². The predicted molar refractivity (Wildman–Crippen MR) is 91.4 cm³/mol. The zero-order valence-electron chi connectivity index (χ0n) is 13.1. The normalized spacial score (nSPS) is 10.2. The lowest BCUT2D eigenvalue weighted by molar-refractivity contribution is 0.201. The van der Waals surface area contributed by atoms with Gasteiger partial charge in [0.2, 0.25) is 0 Å². The summed E-state index contributed by atoms with van der Waals surface area (Å²) in [5, 5.41) is 12.2. The van der Waals surface area contributed by atoms with Crippen LogP contribution >= 0.6 is 12.4 Å². The molecular formula is C17H30ClNO2. The number of aliphatic hydroxyl groups excluding tert-OH is 1. The first-order valence-electron chi connectivity index (χ1n) is 7.90. The average molecular weight is 316 g/mol. The SMILES string of the molecule is CCCCCCCCNCc1ccc(OCCO)cc1.Cl. The van der Waals surface area contributed by atoms with E-state index >= 15 is 0 Å². The topological polar surface area (TPSA) is 41.5 Å². The number of hydrogen-bond donors (Lipinski definition) is 2. The zero-order valence-corrected chi connectivity index (χ0v) is 14.0. The highest BCUT2D eigenvalue weighted by Gasteiger charge is 1.96. The molecule has 0 aliphatic heterocycles. The van der Waals surface area contributed by atoms with Crippen LogP contribution in [0.3, 0.4) is 0 Å². The minimum atomic E-state index is 0. The number of nitrogens with one attached hydrogen (secondary N) is 1. The van der Waals surface area contributed by atoms with Crippen molar-refractivity contribution in [3.05, 3.63) is 29.8 Å². The summed E-state index contributed by atoms with van der Waals surface area (Å²) in [4.78, 5) is 0. The first kappa shape index (κ1) is 20.2. The molecule has 122 valence electrons. The molecule has 0 aliphatic carbocycles. The highest BCUT2D eigenvalue weighted by molar-refractivity contribution is 5.85. The maximum atomic E-state index is 8.68. The van der Waals surface area contributed by atoms with E-state index in [1.807, 2.05) is 12.1 Å². The summed E-state index contributed by atoms with van der Waals surface area (Å²) in [5.41, 5.74) is 1.27. The molecule has 0 unspecified atom stereocenters. The Morgan fingerprint density at radius 3 is 2.33 bits per heavy atom. The molecular weight excluding hydrogens is 286 g/mol. The number of aliphatic hydroxyl groups is 1. The lowest BCUT2D eigenvalue weighted by Gasteiger charge is -2.07. The molecule has 0 heterocycles. The molecule has 0 amide bonds. The third-order valence-corrected chi connectivity index (χ3v) is 3.32. The second-order valence-electron chi connectivity index (χ2n) is 5.16. The molecule has 1 aromatic rings. The number of benzene rings is 1. The van der Waals surface area contributed by atoms with E-state index in [4.69, 9.17) is 9.84 Å². The third kappa shape index (κ3) is 10.6. The van der Waals surface area contributed by atoms with Crippen molar-refractivity contribution in [1.29, 1.82) is 0 Å². The van der Waals surface area contributed by atoms with Crippen molar-refractivity contribution in [3.8, 4) is 5.75 Å². The monoisotopic (exact) mass is 315 g/mol. The first-order chi connectivity index (χ1) is 9.86. The molecule has 0 bridgehead atoms. The Morgan fingerprint density at radius 1 is 1.00 bits per heavy atom. The Hall–Kier alpha value is -0.770. The van der Waals surface area contributed by atoms with Crippen molar-refractivity contribution in [3.63, 3.8) is 0 Å². The summed E-state index contributed by atoms with van der Waals surface area (Å²) in [5.74, 6) is 0.818. The van der Waals surface area contributed by atoms with Crippen LogP contribution in [0.1, 0.15) is 51.0 Å². The zero-order chi connectivity index (χ0) is 14.5. The van der Waals surface area contributed by atoms with Gasteiger partial charge in [0.25, 0.3) is 0 Å². The van der Waals surface area contributed by atoms with Gasteiger partial charge in [-0.15, -0.1) is 12.4 Å². The van der Waals surface area contributed by atoms with Crippen LogP contribution in [0.5, 0.6) is 5.75 Å². The molecule has 3 nitrogen and oxygen atoms in total. The minimum Gasteiger partial charge on any atom is -0.491 e. The molecule has 4 heteroatoms. The largest absolute Gasteiger partial charge is 0.491 e. The van der Waals surface area contributed by atoms with Crippen molar-refractivity contribution in [2.75, 3.05) is 19.8 Å². The number of ether oxygens (including phenoxy) is 1. The van der Waals surface area contributed by atoms with Gasteiger partial charge in [-0.3, -0.25) is 0 Å². The Bertz CT molecular complexity index is 330. The second-order valence-corrected chi connectivity index (χ2v) is 5.16. The van der Waals surface area contributed by atoms with Crippen LogP contribution in [0.2, 0.25) is 0 Å². The summed E-state index contributed by atoms with van der Waals surface area (Å²) < 4.78 is 5.33. The van der Waals surface area contributed by atoms with Gasteiger partial charge in [-0.25, -0.2) is 0 Å². The van der Waals surface area contributed by atoms with Crippen LogP contribution in [0.15, 0.2) is 24.3 Å². The van der Waals surface area contributed by atoms with Crippen LogP contribution in [0.4, 0.5) is 0 Å². The summed E-state index contributed by atoms with van der Waals surface area (Å²) in [6.07, 6.45) is 8.04. The van der Waals surface area contributed by atoms with Gasteiger partial charge >= 0.3 is 0 Å². The Kier molecular flexibility index (Phi) is 13.7. The highest BCUT2D eigenvalue weighted by atomic mass is 35.5. The predicted octanol–water partition coefficient (Wildman–Crippen LogP) is 3.93. The van der Waals surface area contributed by atoms with Gasteiger partial charge in [0.05, 0.1) is 6.61 Å². The minimum absolute atomic E-state index is 0. The van der Waals surface area contributed by atoms with Crippen LogP contribution in [-0.2, 0) is 6.54 Å². The van der Waals surface area contributed by atoms with Crippen molar-refractivity contribution < 1.29 is 9.84 Å². The first-order valence-corrected chi connectivity index (χ1v) is 7.90. The Labute approximate surface area is 135 Å². The van der Waals surface area contributed by atoms with Crippen LogP contribution in [0.25, 0.3) is 0 Å². The van der Waals surface area contributed by atoms with Crippen LogP contribution in [0, 0.1) is 0 Å². The average Bonchev–Trinajstić information content (AvgIpc) is 2.49. The van der Waals surface area contributed by atoms with Crippen molar-refractivity contribution >= 4 is 12.4 Å². The molecule has 0 saturated heterocycles. The van der Waals surface area contributed by atoms with Gasteiger partial charge in [0, 0.05) is 6.54 Å². The van der Waals surface area contributed by atoms with Crippen molar-refractivity contribution in [2.24, 2.45) is 0 Å².